The summed E-state index contributed by atoms with van der Waals surface area (Å²) in [4.78, 5) is 0. The van der Waals surface area contributed by atoms with Crippen molar-refractivity contribution in [2.45, 2.75) is 52.1 Å². The molecule has 0 saturated heterocycles. The molecule has 0 saturated carbocycles. The molecule has 0 spiro atoms. The van der Waals surface area contributed by atoms with Gasteiger partial charge in [0.15, 0.2) is 0 Å². The molecule has 0 heterocycles. The first kappa shape index (κ1) is 14.9. The summed E-state index contributed by atoms with van der Waals surface area (Å²) in [7, 11) is -1.85. The van der Waals surface area contributed by atoms with Crippen LogP contribution in [0.3, 0.4) is 0 Å². The minimum atomic E-state index is -1.85. The van der Waals surface area contributed by atoms with Gasteiger partial charge >= 0.3 is 8.56 Å². The van der Waals surface area contributed by atoms with Gasteiger partial charge < -0.3 is 8.85 Å². The van der Waals surface area contributed by atoms with Crippen LogP contribution in [0.15, 0.2) is 12.7 Å². The highest BCUT2D eigenvalue weighted by Gasteiger charge is 2.23. The average Bonchev–Trinajstić information content (AvgIpc) is 2.17. The maximum absolute atomic E-state index is 5.80. The molecule has 2 nitrogen and oxygen atoms in total. The van der Waals surface area contributed by atoms with Gasteiger partial charge in [0.25, 0.3) is 0 Å². The zero-order valence-electron chi connectivity index (χ0n) is 10.6. The zero-order valence-corrected chi connectivity index (χ0v) is 11.6. The van der Waals surface area contributed by atoms with Gasteiger partial charge in [-0.2, -0.15) is 0 Å². The Morgan fingerprint density at radius 2 is 1.73 bits per heavy atom. The smallest absolute Gasteiger partial charge is 0.331 e. The molecular weight excluding hydrogens is 204 g/mol. The molecule has 0 aromatic carbocycles. The van der Waals surface area contributed by atoms with E-state index in [0.29, 0.717) is 0 Å². The summed E-state index contributed by atoms with van der Waals surface area (Å²) in [5, 5.41) is 0. The Labute approximate surface area is 95.9 Å². The molecule has 0 unspecified atom stereocenters. The van der Waals surface area contributed by atoms with E-state index in [4.69, 9.17) is 8.85 Å². The number of unbranched alkanes of at least 4 members (excludes halogenated alkanes) is 3. The lowest BCUT2D eigenvalue weighted by Gasteiger charge is -2.22. The zero-order chi connectivity index (χ0) is 11.6. The second kappa shape index (κ2) is 9.13. The van der Waals surface area contributed by atoms with Gasteiger partial charge in [0.2, 0.25) is 0 Å². The lowest BCUT2D eigenvalue weighted by Crippen LogP contribution is -2.35. The fourth-order valence-electron chi connectivity index (χ4n) is 1.28. The van der Waals surface area contributed by atoms with Crippen molar-refractivity contribution in [3.05, 3.63) is 12.7 Å². The van der Waals surface area contributed by atoms with Crippen molar-refractivity contribution in [1.82, 2.24) is 0 Å². The molecule has 0 fully saturated rings. The van der Waals surface area contributed by atoms with Crippen molar-refractivity contribution >= 4 is 8.56 Å². The molecule has 0 atom stereocenters. The van der Waals surface area contributed by atoms with Crippen LogP contribution in [0.2, 0.25) is 13.1 Å². The Morgan fingerprint density at radius 3 is 2.33 bits per heavy atom. The van der Waals surface area contributed by atoms with Crippen molar-refractivity contribution in [3.8, 4) is 0 Å². The summed E-state index contributed by atoms with van der Waals surface area (Å²) < 4.78 is 11.5. The van der Waals surface area contributed by atoms with E-state index in [0.717, 1.165) is 26.1 Å². The minimum Gasteiger partial charge on any atom is -0.395 e. The molecule has 0 aromatic heterocycles. The molecule has 0 N–H and O–H groups in total. The molecule has 0 bridgehead atoms. The van der Waals surface area contributed by atoms with Crippen LogP contribution >= 0.6 is 0 Å². The normalized spacial score (nSPS) is 11.7. The van der Waals surface area contributed by atoms with Crippen LogP contribution < -0.4 is 0 Å². The van der Waals surface area contributed by atoms with E-state index in [-0.39, 0.29) is 0 Å². The topological polar surface area (TPSA) is 18.5 Å². The van der Waals surface area contributed by atoms with E-state index in [9.17, 15) is 0 Å². The third kappa shape index (κ3) is 10.2. The van der Waals surface area contributed by atoms with Gasteiger partial charge in [-0.3, -0.25) is 0 Å². The number of rotatable bonds is 10. The summed E-state index contributed by atoms with van der Waals surface area (Å²) in [5.41, 5.74) is 0. The number of hydrogen-bond donors (Lipinski definition) is 0. The van der Waals surface area contributed by atoms with Gasteiger partial charge in [-0.05, 0) is 25.9 Å². The van der Waals surface area contributed by atoms with E-state index < -0.39 is 8.56 Å². The third-order valence-electron chi connectivity index (χ3n) is 2.22. The molecule has 0 rings (SSSR count). The Kier molecular flexibility index (Phi) is 9.05. The number of hydrogen-bond acceptors (Lipinski definition) is 2. The van der Waals surface area contributed by atoms with Crippen LogP contribution in [0.4, 0.5) is 0 Å². The second-order valence-corrected chi connectivity index (χ2v) is 7.61. The van der Waals surface area contributed by atoms with Crippen LogP contribution in [-0.2, 0) is 8.85 Å². The van der Waals surface area contributed by atoms with Gasteiger partial charge in [0.05, 0.1) is 0 Å². The average molecular weight is 230 g/mol. The Morgan fingerprint density at radius 1 is 1.07 bits per heavy atom. The SMILES string of the molecule is C=CCCO[Si](C)(C)OCCCCCC. The predicted molar refractivity (Wildman–Crippen MR) is 68.3 cm³/mol. The van der Waals surface area contributed by atoms with Gasteiger partial charge in [0.1, 0.15) is 0 Å². The fraction of sp³-hybridized carbons (Fsp3) is 0.833. The van der Waals surface area contributed by atoms with E-state index in [1.165, 1.54) is 19.3 Å². The van der Waals surface area contributed by atoms with Crippen LogP contribution in [0.25, 0.3) is 0 Å². The Hall–Kier alpha value is -0.123. The molecule has 0 aromatic rings. The summed E-state index contributed by atoms with van der Waals surface area (Å²) in [6, 6.07) is 0. The summed E-state index contributed by atoms with van der Waals surface area (Å²) in [6.45, 7) is 11.7. The van der Waals surface area contributed by atoms with Crippen LogP contribution in [0, 0.1) is 0 Å². The third-order valence-corrected chi connectivity index (χ3v) is 4.02. The highest BCUT2D eigenvalue weighted by molar-refractivity contribution is 6.64. The molecule has 15 heavy (non-hydrogen) atoms. The Bertz CT molecular complexity index is 158. The van der Waals surface area contributed by atoms with Crippen LogP contribution in [0.5, 0.6) is 0 Å². The molecule has 3 heteroatoms. The van der Waals surface area contributed by atoms with Gasteiger partial charge in [-0.15, -0.1) is 6.58 Å². The molecule has 0 aliphatic carbocycles. The predicted octanol–water partition coefficient (Wildman–Crippen LogP) is 3.88. The lowest BCUT2D eigenvalue weighted by atomic mass is 10.2. The van der Waals surface area contributed by atoms with E-state index >= 15 is 0 Å². The molecular formula is C12H26O2Si. The maximum atomic E-state index is 5.80. The fourth-order valence-corrected chi connectivity index (χ4v) is 2.61. The van der Waals surface area contributed by atoms with E-state index in [2.05, 4.69) is 26.6 Å². The molecule has 90 valence electrons. The molecule has 0 radical (unpaired) electrons. The van der Waals surface area contributed by atoms with Gasteiger partial charge in [0, 0.05) is 13.2 Å². The maximum Gasteiger partial charge on any atom is 0.331 e. The van der Waals surface area contributed by atoms with Gasteiger partial charge in [-0.25, -0.2) is 0 Å². The second-order valence-electron chi connectivity index (χ2n) is 4.23. The van der Waals surface area contributed by atoms with E-state index in [1.807, 2.05) is 6.08 Å². The minimum absolute atomic E-state index is 0.748. The highest BCUT2D eigenvalue weighted by Crippen LogP contribution is 2.09. The lowest BCUT2D eigenvalue weighted by molar-refractivity contribution is 0.178. The monoisotopic (exact) mass is 230 g/mol. The first-order valence-corrected chi connectivity index (χ1v) is 8.83. The van der Waals surface area contributed by atoms with Crippen molar-refractivity contribution in [2.24, 2.45) is 0 Å². The van der Waals surface area contributed by atoms with Crippen molar-refractivity contribution in [1.29, 1.82) is 0 Å². The summed E-state index contributed by atoms with van der Waals surface area (Å²) in [5.74, 6) is 0. The quantitative estimate of drug-likeness (QED) is 0.322. The molecule has 0 aliphatic rings. The van der Waals surface area contributed by atoms with Crippen molar-refractivity contribution in [2.75, 3.05) is 13.2 Å². The Balaban J connectivity index is 3.41. The first-order valence-electron chi connectivity index (χ1n) is 6.01. The summed E-state index contributed by atoms with van der Waals surface area (Å²) >= 11 is 0. The van der Waals surface area contributed by atoms with Gasteiger partial charge in [-0.1, -0.05) is 32.3 Å². The van der Waals surface area contributed by atoms with E-state index in [1.54, 1.807) is 0 Å². The molecule has 0 aliphatic heterocycles. The van der Waals surface area contributed by atoms with Crippen LogP contribution in [-0.4, -0.2) is 21.8 Å². The summed E-state index contributed by atoms with van der Waals surface area (Å²) in [6.07, 6.45) is 7.81. The molecule has 0 amide bonds. The van der Waals surface area contributed by atoms with Crippen molar-refractivity contribution < 1.29 is 8.85 Å². The largest absolute Gasteiger partial charge is 0.395 e. The highest BCUT2D eigenvalue weighted by atomic mass is 28.4. The van der Waals surface area contributed by atoms with Crippen molar-refractivity contribution in [3.63, 3.8) is 0 Å². The standard InChI is InChI=1S/C12H26O2Si/c1-5-7-9-10-12-14-15(3,4)13-11-8-6-2/h6H,2,5,7-12H2,1,3-4H3. The van der Waals surface area contributed by atoms with Crippen LogP contribution in [0.1, 0.15) is 39.0 Å². The first-order chi connectivity index (χ1) is 7.12.